The first-order valence-corrected chi connectivity index (χ1v) is 8.86. The summed E-state index contributed by atoms with van der Waals surface area (Å²) in [5, 5.41) is 9.45. The first kappa shape index (κ1) is 23.9. The fourth-order valence-electron chi connectivity index (χ4n) is 3.97. The van der Waals surface area contributed by atoms with Crippen molar-refractivity contribution in [2.24, 2.45) is 17.6 Å². The lowest BCUT2D eigenvalue weighted by atomic mass is 9.85. The lowest BCUT2D eigenvalue weighted by Gasteiger charge is -2.36. The van der Waals surface area contributed by atoms with Gasteiger partial charge in [0.25, 0.3) is 0 Å². The highest BCUT2D eigenvalue weighted by atomic mass is 35.5. The Morgan fingerprint density at radius 1 is 1.25 bits per heavy atom. The third-order valence-electron chi connectivity index (χ3n) is 5.20. The molecule has 5 nitrogen and oxygen atoms in total. The molecule has 2 fully saturated rings. The average Bonchev–Trinajstić information content (AvgIpc) is 2.48. The van der Waals surface area contributed by atoms with Gasteiger partial charge in [0.2, 0.25) is 5.91 Å². The molecule has 3 atom stereocenters. The number of carbonyl (C=O) groups is 1. The molecule has 0 aromatic rings. The fourth-order valence-corrected chi connectivity index (χ4v) is 3.97. The topological polar surface area (TPSA) is 69.8 Å². The lowest BCUT2D eigenvalue weighted by molar-refractivity contribution is -0.136. The van der Waals surface area contributed by atoms with Crippen molar-refractivity contribution in [1.29, 1.82) is 0 Å². The number of nitrogens with two attached hydrogens (primary N) is 1. The summed E-state index contributed by atoms with van der Waals surface area (Å²) in [6, 6.07) is 0.208. The molecule has 144 valence electrons. The smallest absolute Gasteiger partial charge is 0.225 e. The lowest BCUT2D eigenvalue weighted by Crippen LogP contribution is -2.44. The molecule has 0 radical (unpaired) electrons. The monoisotopic (exact) mass is 383 g/mol. The minimum atomic E-state index is -0.253. The van der Waals surface area contributed by atoms with Crippen molar-refractivity contribution < 1.29 is 9.90 Å². The molecule has 24 heavy (non-hydrogen) atoms. The van der Waals surface area contributed by atoms with E-state index in [1.54, 1.807) is 0 Å². The van der Waals surface area contributed by atoms with Crippen LogP contribution in [-0.4, -0.2) is 66.2 Å². The van der Waals surface area contributed by atoms with Crippen molar-refractivity contribution in [3.05, 3.63) is 0 Å². The highest BCUT2D eigenvalue weighted by molar-refractivity contribution is 5.85. The Balaban J connectivity index is 0.00000264. The van der Waals surface area contributed by atoms with E-state index in [0.717, 1.165) is 64.7 Å². The van der Waals surface area contributed by atoms with Gasteiger partial charge in [-0.15, -0.1) is 24.8 Å². The number of piperidine rings is 1. The van der Waals surface area contributed by atoms with Crippen LogP contribution in [-0.2, 0) is 4.79 Å². The molecule has 0 spiro atoms. The molecule has 1 heterocycles. The van der Waals surface area contributed by atoms with Crippen molar-refractivity contribution in [1.82, 2.24) is 9.80 Å². The number of rotatable bonds is 5. The van der Waals surface area contributed by atoms with Gasteiger partial charge in [-0.05, 0) is 58.0 Å². The molecule has 1 saturated carbocycles. The second-order valence-electron chi connectivity index (χ2n) is 7.44. The molecule has 1 saturated heterocycles. The van der Waals surface area contributed by atoms with Gasteiger partial charge < -0.3 is 20.6 Å². The molecule has 0 aromatic heterocycles. The molecule has 1 aliphatic carbocycles. The van der Waals surface area contributed by atoms with Crippen LogP contribution in [0.15, 0.2) is 0 Å². The summed E-state index contributed by atoms with van der Waals surface area (Å²) in [6.45, 7) is 5.54. The number of aliphatic hydroxyl groups excluding tert-OH is 1. The van der Waals surface area contributed by atoms with Gasteiger partial charge in [-0.1, -0.05) is 6.42 Å². The van der Waals surface area contributed by atoms with E-state index in [1.807, 2.05) is 18.9 Å². The minimum Gasteiger partial charge on any atom is -0.392 e. The zero-order valence-electron chi connectivity index (χ0n) is 15.0. The Hall–Kier alpha value is -0.0700. The molecule has 7 heteroatoms. The van der Waals surface area contributed by atoms with E-state index in [9.17, 15) is 9.90 Å². The Morgan fingerprint density at radius 3 is 2.42 bits per heavy atom. The van der Waals surface area contributed by atoms with Crippen LogP contribution in [0.5, 0.6) is 0 Å². The molecule has 2 rings (SSSR count). The molecule has 3 unspecified atom stereocenters. The summed E-state index contributed by atoms with van der Waals surface area (Å²) in [7, 11) is 1.95. The maximum atomic E-state index is 12.6. The Kier molecular flexibility index (Phi) is 11.5. The van der Waals surface area contributed by atoms with Gasteiger partial charge in [-0.2, -0.15) is 0 Å². The molecule has 2 aliphatic rings. The number of amides is 1. The van der Waals surface area contributed by atoms with Crippen LogP contribution in [0.25, 0.3) is 0 Å². The van der Waals surface area contributed by atoms with Crippen molar-refractivity contribution in [2.45, 2.75) is 57.6 Å². The number of hydrogen-bond acceptors (Lipinski definition) is 4. The maximum absolute atomic E-state index is 12.6. The van der Waals surface area contributed by atoms with Crippen molar-refractivity contribution in [3.63, 3.8) is 0 Å². The first-order chi connectivity index (χ1) is 10.5. The quantitative estimate of drug-likeness (QED) is 0.760. The largest absolute Gasteiger partial charge is 0.392 e. The van der Waals surface area contributed by atoms with Crippen LogP contribution < -0.4 is 5.73 Å². The molecule has 1 amide bonds. The molecular weight excluding hydrogens is 349 g/mol. The van der Waals surface area contributed by atoms with Crippen LogP contribution >= 0.6 is 24.8 Å². The van der Waals surface area contributed by atoms with Crippen LogP contribution in [0.2, 0.25) is 0 Å². The fraction of sp³-hybridized carbons (Fsp3) is 0.941. The molecule has 1 aliphatic heterocycles. The number of halogens is 2. The summed E-state index contributed by atoms with van der Waals surface area (Å²) in [6.07, 6.45) is 6.00. The average molecular weight is 384 g/mol. The van der Waals surface area contributed by atoms with E-state index in [1.165, 1.54) is 0 Å². The standard InChI is InChI=1S/C17H33N3O2.2ClH/c1-13(21)11-20-8-6-14(7-9-20)12-19(2)17(22)15-4-3-5-16(18)10-15;;/h13-16,21H,3-12,18H2,1-2H3;2*1H. The van der Waals surface area contributed by atoms with Crippen LogP contribution in [0, 0.1) is 11.8 Å². The van der Waals surface area contributed by atoms with Gasteiger partial charge in [0.1, 0.15) is 0 Å². The zero-order chi connectivity index (χ0) is 16.1. The number of likely N-dealkylation sites (tertiary alicyclic amines) is 1. The van der Waals surface area contributed by atoms with Crippen LogP contribution in [0.4, 0.5) is 0 Å². The van der Waals surface area contributed by atoms with Gasteiger partial charge in [-0.25, -0.2) is 0 Å². The Bertz CT molecular complexity index is 364. The van der Waals surface area contributed by atoms with Gasteiger partial charge in [0.05, 0.1) is 6.10 Å². The number of aliphatic hydroxyl groups is 1. The predicted octanol–water partition coefficient (Wildman–Crippen LogP) is 1.90. The van der Waals surface area contributed by atoms with E-state index >= 15 is 0 Å². The maximum Gasteiger partial charge on any atom is 0.225 e. The normalized spacial score (nSPS) is 26.8. The van der Waals surface area contributed by atoms with Crippen molar-refractivity contribution >= 4 is 30.7 Å². The first-order valence-electron chi connectivity index (χ1n) is 8.86. The summed E-state index contributed by atoms with van der Waals surface area (Å²) in [4.78, 5) is 16.8. The summed E-state index contributed by atoms with van der Waals surface area (Å²) < 4.78 is 0. The van der Waals surface area contributed by atoms with Crippen LogP contribution in [0.3, 0.4) is 0 Å². The van der Waals surface area contributed by atoms with Crippen molar-refractivity contribution in [2.75, 3.05) is 33.2 Å². The summed E-state index contributed by atoms with van der Waals surface area (Å²) >= 11 is 0. The van der Waals surface area contributed by atoms with E-state index in [2.05, 4.69) is 4.90 Å². The van der Waals surface area contributed by atoms with E-state index < -0.39 is 0 Å². The third-order valence-corrected chi connectivity index (χ3v) is 5.20. The van der Waals surface area contributed by atoms with E-state index in [4.69, 9.17) is 5.73 Å². The van der Waals surface area contributed by atoms with Gasteiger partial charge in [0, 0.05) is 32.1 Å². The number of carbonyl (C=O) groups excluding carboxylic acids is 1. The number of β-amino-alcohol motifs (C(OH)–C–C–N with tert-alkyl or cyclic N) is 1. The van der Waals surface area contributed by atoms with E-state index in [0.29, 0.717) is 11.8 Å². The summed E-state index contributed by atoms with van der Waals surface area (Å²) in [5.74, 6) is 1.03. The second kappa shape index (κ2) is 11.5. The Morgan fingerprint density at radius 2 is 1.88 bits per heavy atom. The van der Waals surface area contributed by atoms with Crippen molar-refractivity contribution in [3.8, 4) is 0 Å². The van der Waals surface area contributed by atoms with Gasteiger partial charge >= 0.3 is 0 Å². The number of nitrogens with zero attached hydrogens (tertiary/aromatic N) is 2. The SMILES string of the molecule is CC(O)CN1CCC(CN(C)C(=O)C2CCCC(N)C2)CC1.Cl.Cl. The van der Waals surface area contributed by atoms with E-state index in [-0.39, 0.29) is 42.9 Å². The third kappa shape index (κ3) is 7.44. The highest BCUT2D eigenvalue weighted by Crippen LogP contribution is 2.26. The molecule has 0 aromatic carbocycles. The zero-order valence-corrected chi connectivity index (χ0v) is 16.7. The second-order valence-corrected chi connectivity index (χ2v) is 7.44. The minimum absolute atomic E-state index is 0. The highest BCUT2D eigenvalue weighted by Gasteiger charge is 2.29. The van der Waals surface area contributed by atoms with Gasteiger partial charge in [-0.3, -0.25) is 4.79 Å². The summed E-state index contributed by atoms with van der Waals surface area (Å²) in [5.41, 5.74) is 6.01. The molecular formula is C17H35Cl2N3O2. The van der Waals surface area contributed by atoms with Gasteiger partial charge in [0.15, 0.2) is 0 Å². The number of hydrogen-bond donors (Lipinski definition) is 2. The molecule has 3 N–H and O–H groups in total. The molecule has 0 bridgehead atoms. The Labute approximate surface area is 159 Å². The predicted molar refractivity (Wildman–Crippen MR) is 103 cm³/mol. The van der Waals surface area contributed by atoms with Crippen LogP contribution in [0.1, 0.15) is 45.4 Å².